The molecule has 0 atom stereocenters. The molecular weight excluding hydrogens is 272 g/mol. The summed E-state index contributed by atoms with van der Waals surface area (Å²) in [5.74, 6) is 0.437. The molecule has 0 fully saturated rings. The van der Waals surface area contributed by atoms with Crippen molar-refractivity contribution in [3.05, 3.63) is 11.7 Å². The molecule has 0 saturated heterocycles. The Morgan fingerprint density at radius 2 is 2.20 bits per heavy atom. The summed E-state index contributed by atoms with van der Waals surface area (Å²) in [6.07, 6.45) is -0.831. The van der Waals surface area contributed by atoms with E-state index in [2.05, 4.69) is 10.1 Å². The second kappa shape index (κ2) is 8.57. The third kappa shape index (κ3) is 5.60. The quantitative estimate of drug-likeness (QED) is 0.735. The molecule has 0 aliphatic rings. The third-order valence-electron chi connectivity index (χ3n) is 2.62. The zero-order valence-corrected chi connectivity index (χ0v) is 11.4. The Bertz CT molecular complexity index is 412. The monoisotopic (exact) mass is 291 g/mol. The first kappa shape index (κ1) is 16.5. The Hall–Kier alpha value is -1.57. The number of aliphatic hydroxyl groups is 1. The lowest BCUT2D eigenvalue weighted by atomic mass is 10.2. The van der Waals surface area contributed by atoms with Gasteiger partial charge in [0.05, 0.1) is 13.2 Å². The highest BCUT2D eigenvalue weighted by Gasteiger charge is 2.18. The van der Waals surface area contributed by atoms with E-state index in [0.717, 1.165) is 11.3 Å². The normalized spacial score (nSPS) is 11.1. The van der Waals surface area contributed by atoms with Crippen LogP contribution in [0.3, 0.4) is 0 Å². The number of aliphatic hydroxyl groups excluding tert-OH is 1. The number of nitrogens with zero attached hydrogens (tertiary/aromatic N) is 3. The molecule has 20 heavy (non-hydrogen) atoms. The Morgan fingerprint density at radius 3 is 2.80 bits per heavy atom. The van der Waals surface area contributed by atoms with Gasteiger partial charge in [0.1, 0.15) is 0 Å². The van der Waals surface area contributed by atoms with E-state index in [9.17, 15) is 13.6 Å². The van der Waals surface area contributed by atoms with Gasteiger partial charge in [-0.1, -0.05) is 12.1 Å². The zero-order valence-electron chi connectivity index (χ0n) is 11.4. The van der Waals surface area contributed by atoms with E-state index in [4.69, 9.17) is 9.63 Å². The predicted molar refractivity (Wildman–Crippen MR) is 66.3 cm³/mol. The molecule has 1 aromatic heterocycles. The van der Waals surface area contributed by atoms with Gasteiger partial charge in [0.2, 0.25) is 11.8 Å². The lowest BCUT2D eigenvalue weighted by Crippen LogP contribution is -2.37. The summed E-state index contributed by atoms with van der Waals surface area (Å²) < 4.78 is 29.6. The molecule has 0 saturated carbocycles. The average Bonchev–Trinajstić information content (AvgIpc) is 2.83. The minimum atomic E-state index is -2.62. The SMILES string of the molecule is CCCc1noc(CCC(=O)N(CCO)CC(F)F)n1. The first-order valence-electron chi connectivity index (χ1n) is 6.55. The molecule has 8 heteroatoms. The van der Waals surface area contributed by atoms with Gasteiger partial charge in [-0.05, 0) is 6.42 Å². The van der Waals surface area contributed by atoms with Gasteiger partial charge >= 0.3 is 0 Å². The third-order valence-corrected chi connectivity index (χ3v) is 2.62. The number of carbonyl (C=O) groups is 1. The van der Waals surface area contributed by atoms with Crippen LogP contribution in [-0.4, -0.2) is 52.2 Å². The molecule has 1 aromatic rings. The fraction of sp³-hybridized carbons (Fsp3) is 0.750. The summed E-state index contributed by atoms with van der Waals surface area (Å²) in [6, 6.07) is 0. The fourth-order valence-corrected chi connectivity index (χ4v) is 1.69. The first-order chi connectivity index (χ1) is 9.56. The van der Waals surface area contributed by atoms with Crippen molar-refractivity contribution in [1.82, 2.24) is 15.0 Å². The van der Waals surface area contributed by atoms with Crippen molar-refractivity contribution < 1.29 is 23.2 Å². The average molecular weight is 291 g/mol. The number of amides is 1. The molecule has 0 unspecified atom stereocenters. The van der Waals surface area contributed by atoms with E-state index < -0.39 is 18.9 Å². The molecule has 6 nitrogen and oxygen atoms in total. The van der Waals surface area contributed by atoms with Gasteiger partial charge in [-0.25, -0.2) is 8.78 Å². The van der Waals surface area contributed by atoms with E-state index in [1.807, 2.05) is 6.92 Å². The van der Waals surface area contributed by atoms with Crippen LogP contribution < -0.4 is 0 Å². The Labute approximate surface area is 115 Å². The first-order valence-corrected chi connectivity index (χ1v) is 6.55. The highest BCUT2D eigenvalue weighted by atomic mass is 19.3. The number of aryl methyl sites for hydroxylation is 2. The maximum Gasteiger partial charge on any atom is 0.255 e. The van der Waals surface area contributed by atoms with Crippen molar-refractivity contribution in [2.75, 3.05) is 19.7 Å². The summed E-state index contributed by atoms with van der Waals surface area (Å²) in [7, 11) is 0. The molecule has 0 bridgehead atoms. The Morgan fingerprint density at radius 1 is 1.45 bits per heavy atom. The second-order valence-electron chi connectivity index (χ2n) is 4.31. The molecule has 0 radical (unpaired) electrons. The summed E-state index contributed by atoms with van der Waals surface area (Å²) in [5, 5.41) is 12.5. The number of rotatable bonds is 9. The van der Waals surface area contributed by atoms with Crippen molar-refractivity contribution in [3.8, 4) is 0 Å². The molecule has 0 aliphatic heterocycles. The van der Waals surface area contributed by atoms with E-state index in [0.29, 0.717) is 18.1 Å². The number of hydrogen-bond acceptors (Lipinski definition) is 5. The molecule has 114 valence electrons. The predicted octanol–water partition coefficient (Wildman–Crippen LogP) is 1.04. The smallest absolute Gasteiger partial charge is 0.255 e. The highest BCUT2D eigenvalue weighted by Crippen LogP contribution is 2.06. The number of halogens is 2. The van der Waals surface area contributed by atoms with Crippen molar-refractivity contribution in [2.45, 2.75) is 39.0 Å². The summed E-state index contributed by atoms with van der Waals surface area (Å²) >= 11 is 0. The van der Waals surface area contributed by atoms with E-state index in [-0.39, 0.29) is 26.0 Å². The summed E-state index contributed by atoms with van der Waals surface area (Å²) in [6.45, 7) is 0.856. The van der Waals surface area contributed by atoms with Crippen molar-refractivity contribution in [3.63, 3.8) is 0 Å². The van der Waals surface area contributed by atoms with Crippen LogP contribution in [0.25, 0.3) is 0 Å². The van der Waals surface area contributed by atoms with Crippen molar-refractivity contribution in [2.24, 2.45) is 0 Å². The minimum absolute atomic E-state index is 0.000475. The van der Waals surface area contributed by atoms with Gasteiger partial charge < -0.3 is 14.5 Å². The van der Waals surface area contributed by atoms with Gasteiger partial charge in [-0.3, -0.25) is 4.79 Å². The van der Waals surface area contributed by atoms with Gasteiger partial charge in [-0.2, -0.15) is 4.98 Å². The fourth-order valence-electron chi connectivity index (χ4n) is 1.69. The Balaban J connectivity index is 2.46. The summed E-state index contributed by atoms with van der Waals surface area (Å²) in [5.41, 5.74) is 0. The minimum Gasteiger partial charge on any atom is -0.395 e. The summed E-state index contributed by atoms with van der Waals surface area (Å²) in [4.78, 5) is 16.8. The largest absolute Gasteiger partial charge is 0.395 e. The lowest BCUT2D eigenvalue weighted by molar-refractivity contribution is -0.133. The highest BCUT2D eigenvalue weighted by molar-refractivity contribution is 5.76. The van der Waals surface area contributed by atoms with Gasteiger partial charge in [-0.15, -0.1) is 0 Å². The van der Waals surface area contributed by atoms with Crippen molar-refractivity contribution >= 4 is 5.91 Å². The van der Waals surface area contributed by atoms with Crippen LogP contribution in [0, 0.1) is 0 Å². The zero-order chi connectivity index (χ0) is 15.0. The molecule has 1 rings (SSSR count). The van der Waals surface area contributed by atoms with Crippen LogP contribution in [0.5, 0.6) is 0 Å². The number of aromatic nitrogens is 2. The van der Waals surface area contributed by atoms with Crippen LogP contribution in [0.1, 0.15) is 31.5 Å². The molecular formula is C12H19F2N3O3. The van der Waals surface area contributed by atoms with Crippen molar-refractivity contribution in [1.29, 1.82) is 0 Å². The van der Waals surface area contributed by atoms with E-state index >= 15 is 0 Å². The molecule has 0 aliphatic carbocycles. The lowest BCUT2D eigenvalue weighted by Gasteiger charge is -2.20. The van der Waals surface area contributed by atoms with Crippen LogP contribution in [-0.2, 0) is 17.6 Å². The molecule has 0 spiro atoms. The maximum atomic E-state index is 12.3. The van der Waals surface area contributed by atoms with Crippen LogP contribution in [0.4, 0.5) is 8.78 Å². The Kier molecular flexibility index (Phi) is 7.06. The van der Waals surface area contributed by atoms with Gasteiger partial charge in [0.25, 0.3) is 6.43 Å². The number of carbonyl (C=O) groups excluding carboxylic acids is 1. The molecule has 1 amide bonds. The second-order valence-corrected chi connectivity index (χ2v) is 4.31. The molecule has 1 N–H and O–H groups in total. The maximum absolute atomic E-state index is 12.3. The topological polar surface area (TPSA) is 79.5 Å². The van der Waals surface area contributed by atoms with E-state index in [1.165, 1.54) is 0 Å². The van der Waals surface area contributed by atoms with Crippen LogP contribution in [0.15, 0.2) is 4.52 Å². The molecule has 1 heterocycles. The number of hydrogen-bond donors (Lipinski definition) is 1. The van der Waals surface area contributed by atoms with Crippen LogP contribution >= 0.6 is 0 Å². The molecule has 0 aromatic carbocycles. The van der Waals surface area contributed by atoms with Gasteiger partial charge in [0.15, 0.2) is 5.82 Å². The van der Waals surface area contributed by atoms with E-state index in [1.54, 1.807) is 0 Å². The van der Waals surface area contributed by atoms with Crippen LogP contribution in [0.2, 0.25) is 0 Å². The number of alkyl halides is 2. The van der Waals surface area contributed by atoms with Gasteiger partial charge in [0, 0.05) is 25.8 Å². The standard InChI is InChI=1S/C12H19F2N3O3/c1-2-3-10-15-11(20-16-10)4-5-12(19)17(6-7-18)8-9(13)14/h9,18H,2-8H2,1H3.